The molecule has 1 aromatic carbocycles. The molecule has 0 amide bonds. The highest BCUT2D eigenvalue weighted by atomic mass is 32.2. The van der Waals surface area contributed by atoms with Crippen LogP contribution in [-0.2, 0) is 16.6 Å². The van der Waals surface area contributed by atoms with Crippen molar-refractivity contribution in [3.05, 3.63) is 29.8 Å². The summed E-state index contributed by atoms with van der Waals surface area (Å²) in [6, 6.07) is 6.89. The van der Waals surface area contributed by atoms with Gasteiger partial charge in [-0.15, -0.1) is 0 Å². The van der Waals surface area contributed by atoms with Gasteiger partial charge in [0.25, 0.3) is 0 Å². The van der Waals surface area contributed by atoms with E-state index < -0.39 is 10.0 Å². The average molecular weight is 270 g/mol. The number of sulfonamides is 1. The lowest BCUT2D eigenvalue weighted by Crippen LogP contribution is -2.30. The van der Waals surface area contributed by atoms with E-state index in [4.69, 9.17) is 0 Å². The summed E-state index contributed by atoms with van der Waals surface area (Å²) in [6.07, 6.45) is 1.09. The van der Waals surface area contributed by atoms with Gasteiger partial charge in [0.05, 0.1) is 4.90 Å². The lowest BCUT2D eigenvalue weighted by Gasteiger charge is -2.10. The first kappa shape index (κ1) is 15.1. The van der Waals surface area contributed by atoms with Gasteiger partial charge in [-0.2, -0.15) is 0 Å². The highest BCUT2D eigenvalue weighted by Gasteiger charge is 2.14. The normalized spacial score (nSPS) is 12.0. The fourth-order valence-corrected chi connectivity index (χ4v) is 2.83. The molecule has 1 rings (SSSR count). The zero-order valence-corrected chi connectivity index (χ0v) is 12.0. The summed E-state index contributed by atoms with van der Waals surface area (Å²) < 4.78 is 26.3. The second-order valence-electron chi connectivity index (χ2n) is 4.60. The number of rotatable bonds is 7. The summed E-state index contributed by atoms with van der Waals surface area (Å²) in [5.74, 6) is 0. The molecule has 0 fully saturated rings. The summed E-state index contributed by atoms with van der Waals surface area (Å²) in [6.45, 7) is 7.46. The zero-order valence-electron chi connectivity index (χ0n) is 11.2. The van der Waals surface area contributed by atoms with Crippen LogP contribution in [0.4, 0.5) is 0 Å². The van der Waals surface area contributed by atoms with Crippen LogP contribution in [0, 0.1) is 0 Å². The summed E-state index contributed by atoms with van der Waals surface area (Å²) in [5, 5.41) is 3.28. The van der Waals surface area contributed by atoms with Gasteiger partial charge in [-0.3, -0.25) is 0 Å². The molecule has 5 heteroatoms. The van der Waals surface area contributed by atoms with Gasteiger partial charge in [0, 0.05) is 12.6 Å². The lowest BCUT2D eigenvalue weighted by atomic mass is 10.2. The number of hydrogen-bond donors (Lipinski definition) is 2. The fraction of sp³-hybridized carbons (Fsp3) is 0.538. The van der Waals surface area contributed by atoms with E-state index in [1.165, 1.54) is 0 Å². The van der Waals surface area contributed by atoms with Crippen molar-refractivity contribution in [2.24, 2.45) is 0 Å². The second kappa shape index (κ2) is 6.87. The van der Waals surface area contributed by atoms with Gasteiger partial charge < -0.3 is 5.32 Å². The van der Waals surface area contributed by atoms with E-state index in [-0.39, 0.29) is 6.04 Å². The molecule has 0 heterocycles. The Hall–Kier alpha value is -0.910. The van der Waals surface area contributed by atoms with Crippen LogP contribution in [0.3, 0.4) is 0 Å². The Morgan fingerprint density at radius 3 is 2.28 bits per heavy atom. The molecule has 0 aliphatic heterocycles. The minimum absolute atomic E-state index is 0.0964. The fourth-order valence-electron chi connectivity index (χ4n) is 1.57. The van der Waals surface area contributed by atoms with Crippen LogP contribution >= 0.6 is 0 Å². The van der Waals surface area contributed by atoms with Crippen molar-refractivity contribution in [1.29, 1.82) is 0 Å². The SMILES string of the molecule is CCCNCc1ccc(S(=O)(=O)NC(C)C)cc1. The molecular weight excluding hydrogens is 248 g/mol. The number of benzene rings is 1. The molecule has 0 spiro atoms. The average Bonchev–Trinajstić information content (AvgIpc) is 2.28. The standard InChI is InChI=1S/C13H22N2O2S/c1-4-9-14-10-12-5-7-13(8-6-12)18(16,17)15-11(2)3/h5-8,11,14-15H,4,9-10H2,1-3H3. The Morgan fingerprint density at radius 1 is 1.17 bits per heavy atom. The minimum atomic E-state index is -3.37. The largest absolute Gasteiger partial charge is 0.313 e. The maximum Gasteiger partial charge on any atom is 0.240 e. The molecule has 0 aliphatic rings. The van der Waals surface area contributed by atoms with E-state index in [1.54, 1.807) is 26.0 Å². The van der Waals surface area contributed by atoms with Crippen LogP contribution in [0.15, 0.2) is 29.2 Å². The van der Waals surface area contributed by atoms with Crippen LogP contribution in [0.5, 0.6) is 0 Å². The van der Waals surface area contributed by atoms with Gasteiger partial charge in [0.2, 0.25) is 10.0 Å². The predicted octanol–water partition coefficient (Wildman–Crippen LogP) is 1.87. The van der Waals surface area contributed by atoms with Gasteiger partial charge >= 0.3 is 0 Å². The first-order valence-electron chi connectivity index (χ1n) is 6.27. The molecule has 0 aromatic heterocycles. The molecule has 1 aromatic rings. The van der Waals surface area contributed by atoms with Crippen molar-refractivity contribution in [1.82, 2.24) is 10.0 Å². The van der Waals surface area contributed by atoms with Crippen molar-refractivity contribution in [2.75, 3.05) is 6.54 Å². The molecule has 0 unspecified atom stereocenters. The monoisotopic (exact) mass is 270 g/mol. The van der Waals surface area contributed by atoms with Crippen molar-refractivity contribution in [3.8, 4) is 0 Å². The maximum atomic E-state index is 11.9. The van der Waals surface area contributed by atoms with Crippen molar-refractivity contribution in [3.63, 3.8) is 0 Å². The highest BCUT2D eigenvalue weighted by Crippen LogP contribution is 2.11. The van der Waals surface area contributed by atoms with Crippen molar-refractivity contribution >= 4 is 10.0 Å². The summed E-state index contributed by atoms with van der Waals surface area (Å²) in [5.41, 5.74) is 1.09. The Kier molecular flexibility index (Phi) is 5.78. The molecule has 0 radical (unpaired) electrons. The highest BCUT2D eigenvalue weighted by molar-refractivity contribution is 7.89. The third-order valence-electron chi connectivity index (χ3n) is 2.38. The Morgan fingerprint density at radius 2 is 1.78 bits per heavy atom. The molecule has 0 saturated heterocycles. The van der Waals surface area contributed by atoms with Gasteiger partial charge in [-0.05, 0) is 44.5 Å². The molecule has 0 saturated carbocycles. The molecule has 0 atom stereocenters. The van der Waals surface area contributed by atoms with E-state index in [9.17, 15) is 8.42 Å². The molecular formula is C13H22N2O2S. The molecule has 2 N–H and O–H groups in total. The van der Waals surface area contributed by atoms with E-state index in [1.807, 2.05) is 12.1 Å². The Balaban J connectivity index is 2.70. The quantitative estimate of drug-likeness (QED) is 0.744. The van der Waals surface area contributed by atoms with Crippen LogP contribution in [0.25, 0.3) is 0 Å². The van der Waals surface area contributed by atoms with Crippen LogP contribution < -0.4 is 10.0 Å². The topological polar surface area (TPSA) is 58.2 Å². The summed E-state index contributed by atoms with van der Waals surface area (Å²) in [4.78, 5) is 0.315. The van der Waals surface area contributed by atoms with Gasteiger partial charge in [0.1, 0.15) is 0 Å². The second-order valence-corrected chi connectivity index (χ2v) is 6.31. The van der Waals surface area contributed by atoms with Crippen LogP contribution in [-0.4, -0.2) is 21.0 Å². The molecule has 18 heavy (non-hydrogen) atoms. The first-order valence-corrected chi connectivity index (χ1v) is 7.76. The van der Waals surface area contributed by atoms with E-state index in [0.717, 1.165) is 25.1 Å². The zero-order chi connectivity index (χ0) is 13.6. The van der Waals surface area contributed by atoms with E-state index in [2.05, 4.69) is 17.0 Å². The summed E-state index contributed by atoms with van der Waals surface area (Å²) in [7, 11) is -3.37. The van der Waals surface area contributed by atoms with E-state index >= 15 is 0 Å². The third kappa shape index (κ3) is 4.76. The van der Waals surface area contributed by atoms with Crippen LogP contribution in [0.2, 0.25) is 0 Å². The van der Waals surface area contributed by atoms with Crippen LogP contribution in [0.1, 0.15) is 32.8 Å². The first-order chi connectivity index (χ1) is 8.45. The van der Waals surface area contributed by atoms with Gasteiger partial charge in [-0.1, -0.05) is 19.1 Å². The number of hydrogen-bond acceptors (Lipinski definition) is 3. The molecule has 0 bridgehead atoms. The Bertz CT molecular complexity index is 452. The maximum absolute atomic E-state index is 11.9. The minimum Gasteiger partial charge on any atom is -0.313 e. The van der Waals surface area contributed by atoms with Gasteiger partial charge in [-0.25, -0.2) is 13.1 Å². The third-order valence-corrected chi connectivity index (χ3v) is 4.05. The predicted molar refractivity (Wildman–Crippen MR) is 73.9 cm³/mol. The van der Waals surface area contributed by atoms with Gasteiger partial charge in [0.15, 0.2) is 0 Å². The summed E-state index contributed by atoms with van der Waals surface area (Å²) >= 11 is 0. The Labute approximate surface area is 110 Å². The lowest BCUT2D eigenvalue weighted by molar-refractivity contribution is 0.570. The smallest absolute Gasteiger partial charge is 0.240 e. The molecule has 0 aliphatic carbocycles. The van der Waals surface area contributed by atoms with Crippen molar-refractivity contribution in [2.45, 2.75) is 44.7 Å². The van der Waals surface area contributed by atoms with E-state index in [0.29, 0.717) is 4.90 Å². The molecule has 102 valence electrons. The molecule has 4 nitrogen and oxygen atoms in total. The van der Waals surface area contributed by atoms with Crippen molar-refractivity contribution < 1.29 is 8.42 Å². The number of nitrogens with one attached hydrogen (secondary N) is 2.